The van der Waals surface area contributed by atoms with Crippen LogP contribution in [0, 0.1) is 5.82 Å². The average Bonchev–Trinajstić information content (AvgIpc) is 2.27. The van der Waals surface area contributed by atoms with Crippen LogP contribution < -0.4 is 10.6 Å². The first-order valence-corrected chi connectivity index (χ1v) is 5.87. The number of hydrogen-bond donors (Lipinski definition) is 3. The second kappa shape index (κ2) is 7.30. The highest BCUT2D eigenvalue weighted by Gasteiger charge is 2.08. The summed E-state index contributed by atoms with van der Waals surface area (Å²) in [6, 6.07) is 0.512. The van der Waals surface area contributed by atoms with Gasteiger partial charge in [-0.25, -0.2) is 9.18 Å². The third kappa shape index (κ3) is 6.35. The standard InChI is InChI=1S/C12H16FN3O3/c1-8(3-2-4-11(17)18)15-12(19)16-10-5-9(13)6-14-7-10/h5-8H,2-4H2,1H3,(H,17,18)(H2,15,16,19). The SMILES string of the molecule is CC(CCCC(=O)O)NC(=O)Nc1cncc(F)c1. The molecule has 0 aliphatic heterocycles. The van der Waals surface area contributed by atoms with E-state index in [2.05, 4.69) is 15.6 Å². The summed E-state index contributed by atoms with van der Waals surface area (Å²) in [6.07, 6.45) is 3.48. The van der Waals surface area contributed by atoms with E-state index in [1.165, 1.54) is 6.20 Å². The maximum atomic E-state index is 12.8. The monoisotopic (exact) mass is 269 g/mol. The molecule has 1 unspecified atom stereocenters. The normalized spacial score (nSPS) is 11.7. The van der Waals surface area contributed by atoms with Gasteiger partial charge in [-0.1, -0.05) is 0 Å². The Labute approximate surface area is 110 Å². The van der Waals surface area contributed by atoms with Gasteiger partial charge in [0.15, 0.2) is 0 Å². The van der Waals surface area contributed by atoms with E-state index >= 15 is 0 Å². The summed E-state index contributed by atoms with van der Waals surface area (Å²) in [4.78, 5) is 25.5. The molecule has 104 valence electrons. The topological polar surface area (TPSA) is 91.3 Å². The first-order chi connectivity index (χ1) is 8.97. The molecule has 3 N–H and O–H groups in total. The third-order valence-electron chi connectivity index (χ3n) is 2.37. The minimum atomic E-state index is -0.859. The molecule has 0 saturated heterocycles. The smallest absolute Gasteiger partial charge is 0.319 e. The van der Waals surface area contributed by atoms with E-state index in [4.69, 9.17) is 5.11 Å². The van der Waals surface area contributed by atoms with Crippen LogP contribution in [0.15, 0.2) is 18.5 Å². The number of urea groups is 1. The number of carbonyl (C=O) groups excluding carboxylic acids is 1. The van der Waals surface area contributed by atoms with Gasteiger partial charge in [0.25, 0.3) is 0 Å². The van der Waals surface area contributed by atoms with Crippen LogP contribution in [0.2, 0.25) is 0 Å². The van der Waals surface area contributed by atoms with E-state index in [-0.39, 0.29) is 18.2 Å². The molecule has 7 heteroatoms. The Balaban J connectivity index is 2.32. The molecule has 0 aliphatic carbocycles. The lowest BCUT2D eigenvalue weighted by Gasteiger charge is -2.14. The van der Waals surface area contributed by atoms with E-state index in [1.54, 1.807) is 6.92 Å². The molecule has 1 atom stereocenters. The van der Waals surface area contributed by atoms with Crippen molar-refractivity contribution >= 4 is 17.7 Å². The molecule has 0 bridgehead atoms. The lowest BCUT2D eigenvalue weighted by molar-refractivity contribution is -0.137. The fourth-order valence-electron chi connectivity index (χ4n) is 1.50. The quantitative estimate of drug-likeness (QED) is 0.736. The van der Waals surface area contributed by atoms with Crippen molar-refractivity contribution in [1.82, 2.24) is 10.3 Å². The van der Waals surface area contributed by atoms with Crippen LogP contribution in [-0.2, 0) is 4.79 Å². The second-order valence-corrected chi connectivity index (χ2v) is 4.18. The van der Waals surface area contributed by atoms with Gasteiger partial charge in [-0.05, 0) is 19.8 Å². The van der Waals surface area contributed by atoms with Gasteiger partial charge in [0, 0.05) is 18.5 Å². The molecule has 1 rings (SSSR count). The first kappa shape index (κ1) is 14.9. The zero-order chi connectivity index (χ0) is 14.3. The van der Waals surface area contributed by atoms with Gasteiger partial charge in [-0.3, -0.25) is 9.78 Å². The van der Waals surface area contributed by atoms with E-state index in [1.807, 2.05) is 0 Å². The van der Waals surface area contributed by atoms with Crippen molar-refractivity contribution < 1.29 is 19.1 Å². The number of nitrogens with zero attached hydrogens (tertiary/aromatic N) is 1. The van der Waals surface area contributed by atoms with Gasteiger partial charge >= 0.3 is 12.0 Å². The van der Waals surface area contributed by atoms with Gasteiger partial charge in [-0.2, -0.15) is 0 Å². The van der Waals surface area contributed by atoms with E-state index in [0.717, 1.165) is 12.3 Å². The average molecular weight is 269 g/mol. The Hall–Kier alpha value is -2.18. The van der Waals surface area contributed by atoms with E-state index in [9.17, 15) is 14.0 Å². The van der Waals surface area contributed by atoms with Gasteiger partial charge in [0.1, 0.15) is 5.82 Å². The number of rotatable bonds is 6. The summed E-state index contributed by atoms with van der Waals surface area (Å²) in [6.45, 7) is 1.77. The number of aromatic nitrogens is 1. The Morgan fingerprint density at radius 1 is 1.47 bits per heavy atom. The fourth-order valence-corrected chi connectivity index (χ4v) is 1.50. The Kier molecular flexibility index (Phi) is 5.72. The number of nitrogens with one attached hydrogen (secondary N) is 2. The summed E-state index contributed by atoms with van der Waals surface area (Å²) in [5.74, 6) is -1.39. The lowest BCUT2D eigenvalue weighted by Crippen LogP contribution is -2.36. The van der Waals surface area contributed by atoms with Crippen LogP contribution in [0.3, 0.4) is 0 Å². The van der Waals surface area contributed by atoms with Gasteiger partial charge < -0.3 is 15.7 Å². The molecule has 1 aromatic heterocycles. The van der Waals surface area contributed by atoms with Gasteiger partial charge in [0.05, 0.1) is 18.1 Å². The van der Waals surface area contributed by atoms with Crippen LogP contribution in [0.4, 0.5) is 14.9 Å². The first-order valence-electron chi connectivity index (χ1n) is 5.87. The van der Waals surface area contributed by atoms with Crippen molar-refractivity contribution in [2.24, 2.45) is 0 Å². The maximum Gasteiger partial charge on any atom is 0.319 e. The van der Waals surface area contributed by atoms with Gasteiger partial charge in [0.2, 0.25) is 0 Å². The predicted molar refractivity (Wildman–Crippen MR) is 67.3 cm³/mol. The second-order valence-electron chi connectivity index (χ2n) is 4.18. The highest BCUT2D eigenvalue weighted by atomic mass is 19.1. The highest BCUT2D eigenvalue weighted by molar-refractivity contribution is 5.89. The summed E-state index contributed by atoms with van der Waals surface area (Å²) in [5, 5.41) is 13.6. The molecule has 0 saturated carbocycles. The minimum Gasteiger partial charge on any atom is -0.481 e. The molecule has 6 nitrogen and oxygen atoms in total. The number of halogens is 1. The van der Waals surface area contributed by atoms with Crippen LogP contribution in [0.5, 0.6) is 0 Å². The van der Waals surface area contributed by atoms with Crippen LogP contribution >= 0.6 is 0 Å². The maximum absolute atomic E-state index is 12.8. The van der Waals surface area contributed by atoms with E-state index < -0.39 is 17.8 Å². The molecule has 0 fully saturated rings. The fraction of sp³-hybridized carbons (Fsp3) is 0.417. The minimum absolute atomic E-state index is 0.0709. The number of aliphatic carboxylic acids is 1. The molecule has 1 heterocycles. The summed E-state index contributed by atoms with van der Waals surface area (Å²) >= 11 is 0. The molecule has 0 aromatic carbocycles. The molecular formula is C12H16FN3O3. The van der Waals surface area contributed by atoms with Crippen molar-refractivity contribution in [1.29, 1.82) is 0 Å². The summed E-state index contributed by atoms with van der Waals surface area (Å²) in [7, 11) is 0. The lowest BCUT2D eigenvalue weighted by atomic mass is 10.1. The molecule has 19 heavy (non-hydrogen) atoms. The van der Waals surface area contributed by atoms with Crippen molar-refractivity contribution in [3.05, 3.63) is 24.3 Å². The highest BCUT2D eigenvalue weighted by Crippen LogP contribution is 2.07. The van der Waals surface area contributed by atoms with Crippen molar-refractivity contribution in [3.8, 4) is 0 Å². The van der Waals surface area contributed by atoms with Gasteiger partial charge in [-0.15, -0.1) is 0 Å². The van der Waals surface area contributed by atoms with Crippen LogP contribution in [0.1, 0.15) is 26.2 Å². The molecule has 2 amide bonds. The Morgan fingerprint density at radius 3 is 2.84 bits per heavy atom. The molecular weight excluding hydrogens is 253 g/mol. The predicted octanol–water partition coefficient (Wildman–Crippen LogP) is 1.99. The molecule has 1 aromatic rings. The van der Waals surface area contributed by atoms with E-state index in [0.29, 0.717) is 12.8 Å². The third-order valence-corrected chi connectivity index (χ3v) is 2.37. The van der Waals surface area contributed by atoms with Crippen molar-refractivity contribution in [3.63, 3.8) is 0 Å². The Morgan fingerprint density at radius 2 is 2.21 bits per heavy atom. The molecule has 0 radical (unpaired) electrons. The van der Waals surface area contributed by atoms with Crippen LogP contribution in [0.25, 0.3) is 0 Å². The number of hydrogen-bond acceptors (Lipinski definition) is 3. The zero-order valence-electron chi connectivity index (χ0n) is 10.5. The van der Waals surface area contributed by atoms with Crippen LogP contribution in [-0.4, -0.2) is 28.1 Å². The number of carboxylic acids is 1. The van der Waals surface area contributed by atoms with Crippen molar-refractivity contribution in [2.75, 3.05) is 5.32 Å². The number of carboxylic acid groups (broad SMARTS) is 1. The Bertz CT molecular complexity index is 454. The summed E-state index contributed by atoms with van der Waals surface area (Å²) in [5.41, 5.74) is 0.259. The molecule has 0 spiro atoms. The van der Waals surface area contributed by atoms with Crippen molar-refractivity contribution in [2.45, 2.75) is 32.2 Å². The largest absolute Gasteiger partial charge is 0.481 e. The number of amides is 2. The number of pyridine rings is 1. The summed E-state index contributed by atoms with van der Waals surface area (Å²) < 4.78 is 12.8. The molecule has 0 aliphatic rings. The number of anilines is 1. The zero-order valence-corrected chi connectivity index (χ0v) is 10.5. The number of carbonyl (C=O) groups is 2.